The average molecular weight is 888 g/mol. The Morgan fingerprint density at radius 3 is 1.86 bits per heavy atom. The van der Waals surface area contributed by atoms with Crippen molar-refractivity contribution in [2.24, 2.45) is 23.0 Å². The summed E-state index contributed by atoms with van der Waals surface area (Å²) in [5.41, 5.74) is 5.56. The van der Waals surface area contributed by atoms with Crippen LogP contribution in [0.1, 0.15) is 104 Å². The van der Waals surface area contributed by atoms with Gasteiger partial charge >= 0.3 is 11.9 Å². The molecule has 1 fully saturated rings. The molecule has 63 heavy (non-hydrogen) atoms. The minimum Gasteiger partial charge on any atom is -0.481 e. The Morgan fingerprint density at radius 2 is 1.32 bits per heavy atom. The summed E-state index contributed by atoms with van der Waals surface area (Å²) in [4.78, 5) is 130. The molecule has 0 saturated carbocycles. The predicted molar refractivity (Wildman–Crippen MR) is 227 cm³/mol. The number of carbonyl (C=O) groups is 10. The van der Waals surface area contributed by atoms with Crippen molar-refractivity contribution in [2.75, 3.05) is 13.2 Å². The number of ether oxygens (including phenoxy) is 1. The molecule has 7 amide bonds. The number of ketones is 1. The third-order valence-electron chi connectivity index (χ3n) is 10.4. The Bertz CT molecular complexity index is 1820. The quantitative estimate of drug-likeness (QED) is 0.0561. The fraction of sp³-hybridized carbons (Fsp3) is 0.628. The van der Waals surface area contributed by atoms with Crippen molar-refractivity contribution in [1.29, 1.82) is 0 Å². The van der Waals surface area contributed by atoms with E-state index >= 15 is 0 Å². The number of carboxylic acid groups (broad SMARTS) is 2. The van der Waals surface area contributed by atoms with E-state index in [4.69, 9.17) is 10.5 Å². The Balaban J connectivity index is 2.47. The van der Waals surface area contributed by atoms with Crippen LogP contribution < -0.4 is 37.6 Å². The van der Waals surface area contributed by atoms with E-state index in [1.807, 2.05) is 6.92 Å². The van der Waals surface area contributed by atoms with Gasteiger partial charge in [-0.05, 0) is 55.1 Å². The van der Waals surface area contributed by atoms with Gasteiger partial charge in [-0.25, -0.2) is 0 Å². The number of carboxylic acids is 2. The molecule has 1 aromatic carbocycles. The molecule has 1 unspecified atom stereocenters. The van der Waals surface area contributed by atoms with E-state index in [-0.39, 0.29) is 31.8 Å². The number of Topliss-reactive ketones (excluding diaryl/α,β-unsaturated/α-hetero) is 1. The molecule has 350 valence electrons. The lowest BCUT2D eigenvalue weighted by Gasteiger charge is -2.34. The molecule has 0 radical (unpaired) electrons. The minimum atomic E-state index is -1.65. The fourth-order valence-corrected chi connectivity index (χ4v) is 6.76. The van der Waals surface area contributed by atoms with E-state index in [1.165, 1.54) is 0 Å². The number of aliphatic carboxylic acids is 2. The van der Waals surface area contributed by atoms with Gasteiger partial charge in [-0.15, -0.1) is 0 Å². The van der Waals surface area contributed by atoms with Crippen LogP contribution in [0.25, 0.3) is 0 Å². The smallest absolute Gasteiger partial charge is 0.305 e. The second-order valence-electron chi connectivity index (χ2n) is 17.3. The van der Waals surface area contributed by atoms with Gasteiger partial charge in [0.2, 0.25) is 41.2 Å². The van der Waals surface area contributed by atoms with Crippen LogP contribution in [0, 0.1) is 24.2 Å². The van der Waals surface area contributed by atoms with Gasteiger partial charge in [0.1, 0.15) is 30.2 Å². The van der Waals surface area contributed by atoms with Crippen LogP contribution >= 0.6 is 0 Å². The number of hydrogen-bond donors (Lipinski definition) is 9. The third-order valence-corrected chi connectivity index (χ3v) is 10.4. The molecule has 7 atom stereocenters. The van der Waals surface area contributed by atoms with Crippen molar-refractivity contribution in [3.05, 3.63) is 35.4 Å². The number of nitrogens with one attached hydrogen (secondary N) is 6. The lowest BCUT2D eigenvalue weighted by atomic mass is 9.85. The van der Waals surface area contributed by atoms with Crippen LogP contribution in [0.15, 0.2) is 24.3 Å². The summed E-state index contributed by atoms with van der Waals surface area (Å²) in [6.45, 7) is 12.6. The molecule has 20 nitrogen and oxygen atoms in total. The SMILES string of the molecule is CCCC[C@H](NC(=O)[C@H](CC(C)C)NC(=O)[C@@H](NC(=O)[C@H](Cc1ccccc1C)NC(=O)[C@H](CCC(=O)O)NC(=O)[C@H](CC(=O)O)NC(=O)C1CCOC1)C(C)(C)C)C(=O)C(N)=O. The maximum absolute atomic E-state index is 14.4. The Labute approximate surface area is 367 Å². The molecule has 1 aliphatic heterocycles. The number of benzene rings is 1. The molecule has 2 rings (SSSR count). The molecule has 1 aliphatic rings. The lowest BCUT2D eigenvalue weighted by Crippen LogP contribution is -2.62. The number of hydrogen-bond acceptors (Lipinski definition) is 11. The fourth-order valence-electron chi connectivity index (χ4n) is 6.76. The summed E-state index contributed by atoms with van der Waals surface area (Å²) < 4.78 is 5.21. The predicted octanol–water partition coefficient (Wildman–Crippen LogP) is 0.159. The van der Waals surface area contributed by atoms with Crippen molar-refractivity contribution >= 4 is 59.1 Å². The summed E-state index contributed by atoms with van der Waals surface area (Å²) in [5.74, 6) is -10.9. The maximum atomic E-state index is 14.4. The van der Waals surface area contributed by atoms with Crippen LogP contribution in [0.3, 0.4) is 0 Å². The van der Waals surface area contributed by atoms with E-state index in [9.17, 15) is 58.2 Å². The van der Waals surface area contributed by atoms with Crippen molar-refractivity contribution < 1.29 is 62.9 Å². The summed E-state index contributed by atoms with van der Waals surface area (Å²) in [5, 5.41) is 34.3. The number of carbonyl (C=O) groups excluding carboxylic acids is 8. The lowest BCUT2D eigenvalue weighted by molar-refractivity contribution is -0.141. The number of unbranched alkanes of at least 4 members (excludes halogenated alkanes) is 1. The molecule has 10 N–H and O–H groups in total. The van der Waals surface area contributed by atoms with Gasteiger partial charge in [-0.3, -0.25) is 47.9 Å². The molecule has 20 heteroatoms. The Hall–Kier alpha value is -5.92. The molecular weight excluding hydrogens is 823 g/mol. The Morgan fingerprint density at radius 1 is 0.746 bits per heavy atom. The molecule has 0 aromatic heterocycles. The van der Waals surface area contributed by atoms with Crippen molar-refractivity contribution in [1.82, 2.24) is 31.9 Å². The molecule has 0 spiro atoms. The van der Waals surface area contributed by atoms with Gasteiger partial charge in [0.15, 0.2) is 0 Å². The van der Waals surface area contributed by atoms with E-state index in [1.54, 1.807) is 65.8 Å². The summed E-state index contributed by atoms with van der Waals surface area (Å²) in [7, 11) is 0. The highest BCUT2D eigenvalue weighted by Crippen LogP contribution is 2.21. The van der Waals surface area contributed by atoms with Crippen molar-refractivity contribution in [2.45, 2.75) is 143 Å². The molecule has 1 saturated heterocycles. The van der Waals surface area contributed by atoms with E-state index in [0.29, 0.717) is 31.4 Å². The average Bonchev–Trinajstić information content (AvgIpc) is 3.74. The van der Waals surface area contributed by atoms with Crippen molar-refractivity contribution in [3.63, 3.8) is 0 Å². The molecular formula is C43H65N7O13. The Kier molecular flexibility index (Phi) is 21.3. The molecule has 0 aliphatic carbocycles. The maximum Gasteiger partial charge on any atom is 0.305 e. The topological polar surface area (TPSA) is 319 Å². The van der Waals surface area contributed by atoms with Crippen LogP contribution in [-0.4, -0.2) is 119 Å². The second kappa shape index (κ2) is 25.3. The number of amides is 7. The van der Waals surface area contributed by atoms with Gasteiger partial charge < -0.3 is 52.6 Å². The summed E-state index contributed by atoms with van der Waals surface area (Å²) in [6, 6.07) is -1.58. The molecule has 1 heterocycles. The van der Waals surface area contributed by atoms with Gasteiger partial charge in [-0.1, -0.05) is 78.6 Å². The highest BCUT2D eigenvalue weighted by atomic mass is 16.5. The normalized spacial score (nSPS) is 16.5. The van der Waals surface area contributed by atoms with Gasteiger partial charge in [0.05, 0.1) is 25.0 Å². The van der Waals surface area contributed by atoms with Gasteiger partial charge in [-0.2, -0.15) is 0 Å². The number of primary amides is 1. The second-order valence-corrected chi connectivity index (χ2v) is 17.3. The minimum absolute atomic E-state index is 0.0624. The van der Waals surface area contributed by atoms with Crippen LogP contribution in [0.5, 0.6) is 0 Å². The van der Waals surface area contributed by atoms with Gasteiger partial charge in [0.25, 0.3) is 5.91 Å². The third kappa shape index (κ3) is 18.1. The molecule has 1 aromatic rings. The number of rotatable bonds is 26. The van der Waals surface area contributed by atoms with Gasteiger partial charge in [0, 0.05) is 19.4 Å². The zero-order chi connectivity index (χ0) is 47.6. The first-order valence-electron chi connectivity index (χ1n) is 21.2. The standard InChI is InChI=1S/C43H65N7O13/c1-8-9-14-27(34(55)36(44)56)45-39(59)29(19-23(2)3)49-42(62)35(43(5,6)7)50-41(61)30(20-25-13-11-10-12-24(25)4)48-38(58)28(15-16-32(51)52)46-40(60)31(21-33(53)54)47-37(57)26-17-18-63-22-26/h10-13,23,26-31,35H,8-9,14-22H2,1-7H3,(H2,44,56)(H,45,59)(H,46,60)(H,47,57)(H,48,58)(H,49,62)(H,50,61)(H,51,52)(H,53,54)/t26?,27-,28-,29-,30-,31-,35+/m0/s1. The number of nitrogens with two attached hydrogens (primary N) is 1. The monoisotopic (exact) mass is 887 g/mol. The first-order chi connectivity index (χ1) is 29.4. The van der Waals surface area contributed by atoms with Crippen LogP contribution in [-0.2, 0) is 59.1 Å². The summed E-state index contributed by atoms with van der Waals surface area (Å²) in [6.07, 6.45) is -0.394. The van der Waals surface area contributed by atoms with E-state index < -0.39 is 126 Å². The largest absolute Gasteiger partial charge is 0.481 e. The van der Waals surface area contributed by atoms with Crippen LogP contribution in [0.2, 0.25) is 0 Å². The first-order valence-corrected chi connectivity index (χ1v) is 21.2. The van der Waals surface area contributed by atoms with E-state index in [2.05, 4.69) is 31.9 Å². The van der Waals surface area contributed by atoms with Crippen molar-refractivity contribution in [3.8, 4) is 0 Å². The molecule has 0 bridgehead atoms. The van der Waals surface area contributed by atoms with Crippen LogP contribution in [0.4, 0.5) is 0 Å². The highest BCUT2D eigenvalue weighted by Gasteiger charge is 2.39. The zero-order valence-electron chi connectivity index (χ0n) is 37.2. The van der Waals surface area contributed by atoms with E-state index in [0.717, 1.165) is 5.56 Å². The number of aryl methyl sites for hydroxylation is 1. The summed E-state index contributed by atoms with van der Waals surface area (Å²) >= 11 is 0. The zero-order valence-corrected chi connectivity index (χ0v) is 37.2. The first kappa shape index (κ1) is 53.2. The highest BCUT2D eigenvalue weighted by molar-refractivity contribution is 6.37.